The molecule has 0 aromatic heterocycles. The van der Waals surface area contributed by atoms with Crippen LogP contribution in [0.3, 0.4) is 0 Å². The van der Waals surface area contributed by atoms with Gasteiger partial charge in [0.25, 0.3) is 0 Å². The third kappa shape index (κ3) is 3.01. The first kappa shape index (κ1) is 11.0. The van der Waals surface area contributed by atoms with Crippen LogP contribution < -0.4 is 11.3 Å². The van der Waals surface area contributed by atoms with Crippen LogP contribution in [-0.4, -0.2) is 12.4 Å². The number of amidine groups is 1. The highest BCUT2D eigenvalue weighted by Gasteiger charge is 2.00. The first-order valence-electron chi connectivity index (χ1n) is 4.55. The van der Waals surface area contributed by atoms with Crippen LogP contribution in [0.5, 0.6) is 0 Å². The Hall–Kier alpha value is -1.06. The van der Waals surface area contributed by atoms with E-state index in [4.69, 9.17) is 17.4 Å². The van der Waals surface area contributed by atoms with Gasteiger partial charge in [-0.05, 0) is 18.6 Å². The Kier molecular flexibility index (Phi) is 4.43. The lowest BCUT2D eigenvalue weighted by Crippen LogP contribution is -2.31. The van der Waals surface area contributed by atoms with E-state index in [2.05, 4.69) is 17.3 Å². The standard InChI is InChI=1S/C10H14ClN3/c1-2-6-13-10(14-12)8-4-3-5-9(11)7-8/h3-5,7H,2,6,12H2,1H3,(H,13,14). The predicted molar refractivity (Wildman–Crippen MR) is 60.5 cm³/mol. The number of benzene rings is 1. The van der Waals surface area contributed by atoms with Gasteiger partial charge < -0.3 is 5.43 Å². The number of rotatable bonds is 3. The third-order valence-corrected chi connectivity index (χ3v) is 1.96. The smallest absolute Gasteiger partial charge is 0.142 e. The molecule has 0 heterocycles. The minimum absolute atomic E-state index is 0.675. The molecule has 1 aromatic rings. The van der Waals surface area contributed by atoms with Gasteiger partial charge in [-0.3, -0.25) is 4.99 Å². The summed E-state index contributed by atoms with van der Waals surface area (Å²) in [6.07, 6.45) is 0.992. The van der Waals surface area contributed by atoms with Crippen molar-refractivity contribution in [1.29, 1.82) is 0 Å². The maximum Gasteiger partial charge on any atom is 0.142 e. The molecule has 0 fully saturated rings. The molecular weight excluding hydrogens is 198 g/mol. The van der Waals surface area contributed by atoms with E-state index in [1.807, 2.05) is 24.3 Å². The molecule has 14 heavy (non-hydrogen) atoms. The average molecular weight is 212 g/mol. The van der Waals surface area contributed by atoms with E-state index >= 15 is 0 Å². The van der Waals surface area contributed by atoms with Crippen molar-refractivity contribution < 1.29 is 0 Å². The minimum atomic E-state index is 0.675. The Labute approximate surface area is 88.9 Å². The second kappa shape index (κ2) is 5.62. The SMILES string of the molecule is CCCN=C(NN)c1cccc(Cl)c1. The molecule has 0 unspecified atom stereocenters. The number of hydrogen-bond acceptors (Lipinski definition) is 2. The van der Waals surface area contributed by atoms with E-state index in [0.717, 1.165) is 18.5 Å². The molecule has 76 valence electrons. The zero-order valence-electron chi connectivity index (χ0n) is 8.13. The van der Waals surface area contributed by atoms with Crippen LogP contribution in [0.15, 0.2) is 29.3 Å². The van der Waals surface area contributed by atoms with Crippen molar-refractivity contribution in [2.24, 2.45) is 10.8 Å². The van der Waals surface area contributed by atoms with E-state index in [1.54, 1.807) is 0 Å². The molecule has 0 saturated heterocycles. The Morgan fingerprint density at radius 3 is 2.93 bits per heavy atom. The molecule has 0 aliphatic carbocycles. The first-order chi connectivity index (χ1) is 6.77. The zero-order chi connectivity index (χ0) is 10.4. The van der Waals surface area contributed by atoms with Gasteiger partial charge in [-0.25, -0.2) is 5.84 Å². The number of nitrogens with zero attached hydrogens (tertiary/aromatic N) is 1. The fourth-order valence-electron chi connectivity index (χ4n) is 1.08. The Balaban J connectivity index is 2.89. The summed E-state index contributed by atoms with van der Waals surface area (Å²) in [5.74, 6) is 6.05. The van der Waals surface area contributed by atoms with Crippen molar-refractivity contribution in [2.45, 2.75) is 13.3 Å². The van der Waals surface area contributed by atoms with Crippen LogP contribution in [0.2, 0.25) is 5.02 Å². The van der Waals surface area contributed by atoms with Crippen molar-refractivity contribution >= 4 is 17.4 Å². The first-order valence-corrected chi connectivity index (χ1v) is 4.92. The molecule has 3 nitrogen and oxygen atoms in total. The van der Waals surface area contributed by atoms with Gasteiger partial charge in [0.05, 0.1) is 0 Å². The van der Waals surface area contributed by atoms with Crippen molar-refractivity contribution in [1.82, 2.24) is 5.43 Å². The number of aliphatic imine (C=N–C) groups is 1. The number of hydrogen-bond donors (Lipinski definition) is 2. The maximum atomic E-state index is 5.86. The molecular formula is C10H14ClN3. The van der Waals surface area contributed by atoms with Gasteiger partial charge in [0.15, 0.2) is 0 Å². The highest BCUT2D eigenvalue weighted by Crippen LogP contribution is 2.10. The van der Waals surface area contributed by atoms with E-state index in [0.29, 0.717) is 10.9 Å². The van der Waals surface area contributed by atoms with E-state index in [1.165, 1.54) is 0 Å². The summed E-state index contributed by atoms with van der Waals surface area (Å²) in [4.78, 5) is 4.29. The molecule has 0 spiro atoms. The van der Waals surface area contributed by atoms with E-state index in [-0.39, 0.29) is 0 Å². The van der Waals surface area contributed by atoms with Gasteiger partial charge >= 0.3 is 0 Å². The summed E-state index contributed by atoms with van der Waals surface area (Å²) < 4.78 is 0. The molecule has 0 atom stereocenters. The van der Waals surface area contributed by atoms with Crippen LogP contribution in [0.4, 0.5) is 0 Å². The lowest BCUT2D eigenvalue weighted by atomic mass is 10.2. The van der Waals surface area contributed by atoms with Crippen LogP contribution in [0.1, 0.15) is 18.9 Å². The number of hydrazine groups is 1. The van der Waals surface area contributed by atoms with Crippen LogP contribution in [-0.2, 0) is 0 Å². The molecule has 4 heteroatoms. The molecule has 0 saturated carbocycles. The van der Waals surface area contributed by atoms with Crippen LogP contribution in [0.25, 0.3) is 0 Å². The molecule has 1 aromatic carbocycles. The minimum Gasteiger partial charge on any atom is -0.308 e. The van der Waals surface area contributed by atoms with Gasteiger partial charge in [0, 0.05) is 17.1 Å². The van der Waals surface area contributed by atoms with E-state index < -0.39 is 0 Å². The van der Waals surface area contributed by atoms with Crippen LogP contribution >= 0.6 is 11.6 Å². The quantitative estimate of drug-likeness (QED) is 0.348. The van der Waals surface area contributed by atoms with Crippen molar-refractivity contribution in [3.05, 3.63) is 34.9 Å². The summed E-state index contributed by atoms with van der Waals surface area (Å²) in [5.41, 5.74) is 3.48. The normalized spacial score (nSPS) is 11.5. The van der Waals surface area contributed by atoms with Crippen molar-refractivity contribution in [3.63, 3.8) is 0 Å². The molecule has 0 amide bonds. The molecule has 0 radical (unpaired) electrons. The molecule has 0 aliphatic rings. The summed E-state index contributed by atoms with van der Waals surface area (Å²) in [5, 5.41) is 0.682. The second-order valence-electron chi connectivity index (χ2n) is 2.89. The maximum absolute atomic E-state index is 5.86. The van der Waals surface area contributed by atoms with E-state index in [9.17, 15) is 0 Å². The molecule has 0 aliphatic heterocycles. The lowest BCUT2D eigenvalue weighted by molar-refractivity contribution is 0.907. The Morgan fingerprint density at radius 1 is 1.57 bits per heavy atom. The topological polar surface area (TPSA) is 50.4 Å². The zero-order valence-corrected chi connectivity index (χ0v) is 8.88. The fraction of sp³-hybridized carbons (Fsp3) is 0.300. The lowest BCUT2D eigenvalue weighted by Gasteiger charge is -2.05. The molecule has 3 N–H and O–H groups in total. The average Bonchev–Trinajstić information content (AvgIpc) is 2.19. The number of nitrogens with two attached hydrogens (primary N) is 1. The van der Waals surface area contributed by atoms with Gasteiger partial charge in [-0.1, -0.05) is 30.7 Å². The predicted octanol–water partition coefficient (Wildman–Crippen LogP) is 1.96. The van der Waals surface area contributed by atoms with Gasteiger partial charge in [-0.15, -0.1) is 0 Å². The summed E-state index contributed by atoms with van der Waals surface area (Å²) in [6, 6.07) is 7.44. The van der Waals surface area contributed by atoms with Gasteiger partial charge in [0.1, 0.15) is 5.84 Å². The summed E-state index contributed by atoms with van der Waals surface area (Å²) in [7, 11) is 0. The Bertz CT molecular complexity index is 323. The monoisotopic (exact) mass is 211 g/mol. The Morgan fingerprint density at radius 2 is 2.36 bits per heavy atom. The molecule has 0 bridgehead atoms. The summed E-state index contributed by atoms with van der Waals surface area (Å²) >= 11 is 5.86. The largest absolute Gasteiger partial charge is 0.308 e. The highest BCUT2D eigenvalue weighted by molar-refractivity contribution is 6.31. The highest BCUT2D eigenvalue weighted by atomic mass is 35.5. The molecule has 1 rings (SSSR count). The fourth-order valence-corrected chi connectivity index (χ4v) is 1.27. The summed E-state index contributed by atoms with van der Waals surface area (Å²) in [6.45, 7) is 2.82. The van der Waals surface area contributed by atoms with Gasteiger partial charge in [0.2, 0.25) is 0 Å². The van der Waals surface area contributed by atoms with Crippen LogP contribution in [0, 0.1) is 0 Å². The number of halogens is 1. The van der Waals surface area contributed by atoms with Crippen molar-refractivity contribution in [3.8, 4) is 0 Å². The van der Waals surface area contributed by atoms with Crippen molar-refractivity contribution in [2.75, 3.05) is 6.54 Å². The van der Waals surface area contributed by atoms with Gasteiger partial charge in [-0.2, -0.15) is 0 Å². The second-order valence-corrected chi connectivity index (χ2v) is 3.32. The number of nitrogens with one attached hydrogen (secondary N) is 1. The third-order valence-electron chi connectivity index (χ3n) is 1.73.